The van der Waals surface area contributed by atoms with Crippen LogP contribution < -0.4 is 0 Å². The molecule has 0 spiro atoms. The molecule has 4 rings (SSSR count). The van der Waals surface area contributed by atoms with E-state index in [0.717, 1.165) is 32.1 Å². The summed E-state index contributed by atoms with van der Waals surface area (Å²) < 4.78 is 0. The molecule has 11 atom stereocenters. The van der Waals surface area contributed by atoms with Crippen LogP contribution in [0.2, 0.25) is 0 Å². The van der Waals surface area contributed by atoms with Crippen LogP contribution in [0.4, 0.5) is 0 Å². The first-order chi connectivity index (χ1) is 13.8. The fraction of sp³-hybridized carbons (Fsp3) is 0.960. The predicted molar refractivity (Wildman–Crippen MR) is 115 cm³/mol. The van der Waals surface area contributed by atoms with Gasteiger partial charge >= 0.3 is 5.97 Å². The first-order valence-corrected chi connectivity index (χ1v) is 12.1. The molecule has 0 bridgehead atoms. The van der Waals surface area contributed by atoms with E-state index in [1.807, 2.05) is 6.92 Å². The first-order valence-electron chi connectivity index (χ1n) is 12.1. The number of fused-ring (bicyclic) bond motifs is 5. The van der Waals surface area contributed by atoms with Crippen molar-refractivity contribution in [1.29, 1.82) is 0 Å². The molecule has 0 heterocycles. The first kappa shape index (κ1) is 22.5. The summed E-state index contributed by atoms with van der Waals surface area (Å²) in [6, 6.07) is 0. The lowest BCUT2D eigenvalue weighted by atomic mass is 9.41. The summed E-state index contributed by atoms with van der Waals surface area (Å²) >= 11 is 0. The Labute approximate surface area is 181 Å². The van der Waals surface area contributed by atoms with E-state index >= 15 is 0 Å². The van der Waals surface area contributed by atoms with Crippen molar-refractivity contribution in [2.75, 3.05) is 0 Å². The van der Waals surface area contributed by atoms with E-state index < -0.39 is 18.2 Å². The van der Waals surface area contributed by atoms with Gasteiger partial charge in [0, 0.05) is 6.42 Å². The van der Waals surface area contributed by atoms with Crippen LogP contribution in [0.3, 0.4) is 0 Å². The van der Waals surface area contributed by atoms with Crippen LogP contribution >= 0.6 is 0 Å². The highest BCUT2D eigenvalue weighted by molar-refractivity contribution is 5.67. The average molecular weight is 423 g/mol. The lowest BCUT2D eigenvalue weighted by Gasteiger charge is -2.65. The Bertz CT molecular complexity index is 691. The third kappa shape index (κ3) is 3.09. The van der Waals surface area contributed by atoms with Gasteiger partial charge < -0.3 is 20.4 Å². The summed E-state index contributed by atoms with van der Waals surface area (Å²) in [7, 11) is 0. The molecule has 0 aliphatic heterocycles. The van der Waals surface area contributed by atoms with Crippen molar-refractivity contribution in [1.82, 2.24) is 0 Å². The fourth-order valence-corrected chi connectivity index (χ4v) is 9.20. The second-order valence-corrected chi connectivity index (χ2v) is 12.6. The lowest BCUT2D eigenvalue weighted by Crippen LogP contribution is -2.64. The normalized spacial score (nSPS) is 53.3. The number of aliphatic hydroxyl groups is 3. The van der Waals surface area contributed by atoms with Crippen molar-refractivity contribution in [3.63, 3.8) is 0 Å². The van der Waals surface area contributed by atoms with Crippen molar-refractivity contribution < 1.29 is 25.2 Å². The minimum absolute atomic E-state index is 0.0136. The number of hydrogen-bond donors (Lipinski definition) is 4. The van der Waals surface area contributed by atoms with Gasteiger partial charge in [0.25, 0.3) is 0 Å². The highest BCUT2D eigenvalue weighted by atomic mass is 16.4. The summed E-state index contributed by atoms with van der Waals surface area (Å²) in [4.78, 5) is 11.4. The topological polar surface area (TPSA) is 98.0 Å². The molecule has 4 aliphatic rings. The van der Waals surface area contributed by atoms with E-state index in [2.05, 4.69) is 27.7 Å². The molecule has 0 saturated heterocycles. The van der Waals surface area contributed by atoms with Gasteiger partial charge in [-0.3, -0.25) is 4.79 Å². The zero-order valence-corrected chi connectivity index (χ0v) is 19.3. The molecule has 4 N–H and O–H groups in total. The van der Waals surface area contributed by atoms with E-state index in [0.29, 0.717) is 6.42 Å². The van der Waals surface area contributed by atoms with Crippen molar-refractivity contribution in [3.8, 4) is 0 Å². The summed E-state index contributed by atoms with van der Waals surface area (Å²) in [5.74, 6) is 0.362. The van der Waals surface area contributed by atoms with Gasteiger partial charge in [0.1, 0.15) is 0 Å². The molecule has 0 unspecified atom stereocenters. The van der Waals surface area contributed by atoms with Crippen LogP contribution in [0.1, 0.15) is 79.6 Å². The predicted octanol–water partition coefficient (Wildman–Crippen LogP) is 3.69. The SMILES string of the molecule is C[C@H](CC(=O)O)[C@H]1CC[C@H]2[C@@H]3[C@@H](O)C[C@@H]4C[C@H](O)C(C)(C)C[C@]4(C)[C@H]3C[C@H](O)[C@]12C. The third-order valence-electron chi connectivity index (χ3n) is 10.7. The second kappa shape index (κ2) is 7.18. The molecular weight excluding hydrogens is 380 g/mol. The zero-order valence-electron chi connectivity index (χ0n) is 19.3. The number of carboxylic acids is 1. The van der Waals surface area contributed by atoms with Crippen LogP contribution in [0.5, 0.6) is 0 Å². The van der Waals surface area contributed by atoms with Crippen LogP contribution in [-0.4, -0.2) is 44.7 Å². The summed E-state index contributed by atoms with van der Waals surface area (Å²) in [5, 5.41) is 42.9. The number of aliphatic carboxylic acids is 1. The molecule has 30 heavy (non-hydrogen) atoms. The van der Waals surface area contributed by atoms with E-state index in [1.54, 1.807) is 0 Å². The number of rotatable bonds is 3. The highest BCUT2D eigenvalue weighted by Crippen LogP contribution is 2.69. The minimum atomic E-state index is -0.770. The molecule has 0 amide bonds. The Kier molecular flexibility index (Phi) is 5.39. The van der Waals surface area contributed by atoms with Crippen molar-refractivity contribution >= 4 is 5.97 Å². The summed E-state index contributed by atoms with van der Waals surface area (Å²) in [6.45, 7) is 10.8. The molecule has 0 radical (unpaired) electrons. The van der Waals surface area contributed by atoms with E-state index in [-0.39, 0.29) is 64.3 Å². The Hall–Kier alpha value is -0.650. The van der Waals surface area contributed by atoms with Gasteiger partial charge in [-0.1, -0.05) is 34.6 Å². The van der Waals surface area contributed by atoms with Gasteiger partial charge in [-0.2, -0.15) is 0 Å². The molecule has 172 valence electrons. The fourth-order valence-electron chi connectivity index (χ4n) is 9.20. The number of aliphatic hydroxyl groups excluding tert-OH is 3. The quantitative estimate of drug-likeness (QED) is 0.556. The Morgan fingerprint density at radius 2 is 1.63 bits per heavy atom. The van der Waals surface area contributed by atoms with Gasteiger partial charge in [0.15, 0.2) is 0 Å². The van der Waals surface area contributed by atoms with Crippen LogP contribution in [0.25, 0.3) is 0 Å². The number of carbonyl (C=O) groups is 1. The van der Waals surface area contributed by atoms with Crippen molar-refractivity contribution in [2.45, 2.75) is 97.9 Å². The summed E-state index contributed by atoms with van der Waals surface area (Å²) in [5.41, 5.74) is -0.471. The largest absolute Gasteiger partial charge is 0.481 e. The minimum Gasteiger partial charge on any atom is -0.481 e. The van der Waals surface area contributed by atoms with E-state index in [1.165, 1.54) is 0 Å². The lowest BCUT2D eigenvalue weighted by molar-refractivity contribution is -0.222. The average Bonchev–Trinajstić information content (AvgIpc) is 2.96. The number of hydrogen-bond acceptors (Lipinski definition) is 4. The molecule has 5 nitrogen and oxygen atoms in total. The molecule has 0 aromatic heterocycles. The monoisotopic (exact) mass is 422 g/mol. The maximum absolute atomic E-state index is 11.5. The third-order valence-corrected chi connectivity index (χ3v) is 10.7. The van der Waals surface area contributed by atoms with Gasteiger partial charge in [0.2, 0.25) is 0 Å². The standard InChI is InChI=1S/C25H42O5/c1-13(8-21(29)30)15-6-7-16-22-17(11-20(28)25(15,16)5)24(4)12-23(2,3)19(27)10-14(24)9-18(22)26/h13-20,22,26-28H,6-12H2,1-5H3,(H,29,30)/t13-,14-,15-,16+,17+,18+,19+,20+,22+,24+,25-/m1/s1. The highest BCUT2D eigenvalue weighted by Gasteiger charge is 2.66. The van der Waals surface area contributed by atoms with Gasteiger partial charge in [-0.25, -0.2) is 0 Å². The van der Waals surface area contributed by atoms with Crippen LogP contribution in [0, 0.1) is 51.8 Å². The van der Waals surface area contributed by atoms with Crippen molar-refractivity contribution in [2.24, 2.45) is 51.8 Å². The second-order valence-electron chi connectivity index (χ2n) is 12.6. The molecule has 4 saturated carbocycles. The number of carboxylic acid groups (broad SMARTS) is 1. The molecular formula is C25H42O5. The Morgan fingerprint density at radius 3 is 2.27 bits per heavy atom. The van der Waals surface area contributed by atoms with Crippen LogP contribution in [-0.2, 0) is 4.79 Å². The molecule has 0 aromatic rings. The maximum atomic E-state index is 11.5. The molecule has 4 fully saturated rings. The maximum Gasteiger partial charge on any atom is 0.303 e. The molecule has 0 aromatic carbocycles. The molecule has 4 aliphatic carbocycles. The smallest absolute Gasteiger partial charge is 0.303 e. The Morgan fingerprint density at radius 1 is 0.967 bits per heavy atom. The van der Waals surface area contributed by atoms with E-state index in [9.17, 15) is 25.2 Å². The zero-order chi connectivity index (χ0) is 22.2. The molecule has 5 heteroatoms. The van der Waals surface area contributed by atoms with Gasteiger partial charge in [-0.15, -0.1) is 0 Å². The van der Waals surface area contributed by atoms with Crippen LogP contribution in [0.15, 0.2) is 0 Å². The van der Waals surface area contributed by atoms with Crippen molar-refractivity contribution in [3.05, 3.63) is 0 Å². The van der Waals surface area contributed by atoms with Gasteiger partial charge in [0.05, 0.1) is 18.3 Å². The van der Waals surface area contributed by atoms with Gasteiger partial charge in [-0.05, 0) is 90.3 Å². The summed E-state index contributed by atoms with van der Waals surface area (Å²) in [6.07, 6.45) is 3.92. The van der Waals surface area contributed by atoms with E-state index in [4.69, 9.17) is 0 Å². The Balaban J connectivity index is 1.67.